The standard InChI is InChI=1S/C36H46N2O5Si/c1-26-33(20-15-27-10-8-13-29(22-27)38(25-40)28-11-6-5-7-12-28)43-34(23-35(41)37-21-9-14-30(37)24-39)36(26)44(3,4)32-18-16-31(42-2)17-19-32/h5-8,10-13,16-19,22,25-26,30,33-34,36,39H,9,14-15,20-21,23-24H2,1-4H3/t26-,30+,33+,34-,36+/m1/s1. The van der Waals surface area contributed by atoms with Gasteiger partial charge in [-0.1, -0.05) is 67.7 Å². The molecule has 0 aromatic heterocycles. The fourth-order valence-electron chi connectivity index (χ4n) is 7.52. The van der Waals surface area contributed by atoms with Crippen LogP contribution in [0, 0.1) is 5.92 Å². The maximum absolute atomic E-state index is 13.6. The predicted molar refractivity (Wildman–Crippen MR) is 178 cm³/mol. The third kappa shape index (κ3) is 6.77. The van der Waals surface area contributed by atoms with Crippen molar-refractivity contribution in [1.82, 2.24) is 4.90 Å². The zero-order valence-corrected chi connectivity index (χ0v) is 27.4. The van der Waals surface area contributed by atoms with Crippen molar-refractivity contribution in [2.45, 2.75) is 75.9 Å². The number of para-hydroxylation sites is 1. The lowest BCUT2D eigenvalue weighted by molar-refractivity contribution is -0.135. The monoisotopic (exact) mass is 614 g/mol. The molecule has 2 heterocycles. The van der Waals surface area contributed by atoms with E-state index in [-0.39, 0.29) is 42.2 Å². The van der Waals surface area contributed by atoms with E-state index < -0.39 is 8.07 Å². The molecule has 2 aliphatic rings. The van der Waals surface area contributed by atoms with E-state index >= 15 is 0 Å². The average Bonchev–Trinajstić information content (AvgIpc) is 3.65. The summed E-state index contributed by atoms with van der Waals surface area (Å²) in [4.78, 5) is 29.2. The second-order valence-corrected chi connectivity index (χ2v) is 17.5. The van der Waals surface area contributed by atoms with Crippen molar-refractivity contribution in [1.29, 1.82) is 0 Å². The molecule has 7 nitrogen and oxygen atoms in total. The summed E-state index contributed by atoms with van der Waals surface area (Å²) in [5.74, 6) is 1.19. The Morgan fingerprint density at radius 2 is 1.77 bits per heavy atom. The van der Waals surface area contributed by atoms with Crippen LogP contribution in [-0.4, -0.2) is 68.9 Å². The molecule has 5 atom stereocenters. The van der Waals surface area contributed by atoms with Crippen LogP contribution in [0.25, 0.3) is 0 Å². The summed E-state index contributed by atoms with van der Waals surface area (Å²) in [6, 6.07) is 26.1. The van der Waals surface area contributed by atoms with E-state index in [2.05, 4.69) is 44.3 Å². The van der Waals surface area contributed by atoms with Gasteiger partial charge in [0.25, 0.3) is 0 Å². The van der Waals surface area contributed by atoms with Gasteiger partial charge in [-0.2, -0.15) is 0 Å². The van der Waals surface area contributed by atoms with Gasteiger partial charge in [0.05, 0.1) is 46.5 Å². The number of likely N-dealkylation sites (tertiary alicyclic amines) is 1. The highest BCUT2D eigenvalue weighted by Crippen LogP contribution is 2.47. The Kier molecular flexibility index (Phi) is 10.2. The van der Waals surface area contributed by atoms with Crippen LogP contribution in [0.4, 0.5) is 11.4 Å². The first kappa shape index (κ1) is 31.9. The number of ether oxygens (including phenoxy) is 2. The van der Waals surface area contributed by atoms with Crippen molar-refractivity contribution in [2.75, 3.05) is 25.2 Å². The maximum atomic E-state index is 13.6. The average molecular weight is 615 g/mol. The molecule has 3 aromatic rings. The van der Waals surface area contributed by atoms with Crippen LogP contribution in [0.2, 0.25) is 18.6 Å². The van der Waals surface area contributed by atoms with Crippen molar-refractivity contribution < 1.29 is 24.2 Å². The molecule has 44 heavy (non-hydrogen) atoms. The quantitative estimate of drug-likeness (QED) is 0.210. The molecule has 1 N–H and O–H groups in total. The van der Waals surface area contributed by atoms with Gasteiger partial charge in [0.15, 0.2) is 0 Å². The number of hydrogen-bond acceptors (Lipinski definition) is 5. The first-order valence-electron chi connectivity index (χ1n) is 15.9. The first-order chi connectivity index (χ1) is 21.3. The zero-order valence-electron chi connectivity index (χ0n) is 26.4. The normalized spacial score (nSPS) is 23.5. The number of aliphatic hydroxyl groups excluding tert-OH is 1. The van der Waals surface area contributed by atoms with Crippen LogP contribution in [-0.2, 0) is 20.7 Å². The summed E-state index contributed by atoms with van der Waals surface area (Å²) < 4.78 is 12.3. The van der Waals surface area contributed by atoms with E-state index in [1.807, 2.05) is 59.5 Å². The highest BCUT2D eigenvalue weighted by atomic mass is 28.3. The highest BCUT2D eigenvalue weighted by Gasteiger charge is 2.51. The summed E-state index contributed by atoms with van der Waals surface area (Å²) in [6.07, 6.45) is 4.45. The Morgan fingerprint density at radius 3 is 2.45 bits per heavy atom. The molecular formula is C36H46N2O5Si. The van der Waals surface area contributed by atoms with Crippen LogP contribution in [0.1, 0.15) is 38.2 Å². The van der Waals surface area contributed by atoms with Crippen LogP contribution in [0.3, 0.4) is 0 Å². The molecule has 5 rings (SSSR count). The molecule has 2 saturated heterocycles. The molecule has 2 amide bonds. The van der Waals surface area contributed by atoms with E-state index in [9.17, 15) is 14.7 Å². The van der Waals surface area contributed by atoms with E-state index in [1.165, 1.54) is 5.19 Å². The number of carbonyl (C=O) groups is 2. The predicted octanol–water partition coefficient (Wildman–Crippen LogP) is 5.69. The number of hydrogen-bond donors (Lipinski definition) is 1. The Bertz CT molecular complexity index is 1400. The Labute approximate surface area is 262 Å². The number of aryl methyl sites for hydroxylation is 1. The van der Waals surface area contributed by atoms with Gasteiger partial charge in [-0.25, -0.2) is 0 Å². The molecule has 0 bridgehead atoms. The summed E-state index contributed by atoms with van der Waals surface area (Å²) >= 11 is 0. The second kappa shape index (κ2) is 14.1. The summed E-state index contributed by atoms with van der Waals surface area (Å²) in [6.45, 7) is 7.80. The van der Waals surface area contributed by atoms with Gasteiger partial charge >= 0.3 is 0 Å². The number of carbonyl (C=O) groups excluding carboxylic acids is 2. The largest absolute Gasteiger partial charge is 0.497 e. The van der Waals surface area contributed by atoms with Crippen LogP contribution < -0.4 is 14.8 Å². The molecular weight excluding hydrogens is 568 g/mol. The molecule has 2 fully saturated rings. The molecule has 0 spiro atoms. The van der Waals surface area contributed by atoms with Gasteiger partial charge in [-0.15, -0.1) is 0 Å². The van der Waals surface area contributed by atoms with Crippen molar-refractivity contribution in [3.63, 3.8) is 0 Å². The van der Waals surface area contributed by atoms with Gasteiger partial charge < -0.3 is 19.5 Å². The van der Waals surface area contributed by atoms with Crippen molar-refractivity contribution >= 4 is 37.0 Å². The lowest BCUT2D eigenvalue weighted by atomic mass is 9.95. The molecule has 2 aliphatic heterocycles. The van der Waals surface area contributed by atoms with Crippen molar-refractivity contribution in [3.8, 4) is 5.75 Å². The van der Waals surface area contributed by atoms with Crippen molar-refractivity contribution in [3.05, 3.63) is 84.4 Å². The highest BCUT2D eigenvalue weighted by molar-refractivity contribution is 6.91. The van der Waals surface area contributed by atoms with Gasteiger partial charge in [0.1, 0.15) is 5.75 Å². The van der Waals surface area contributed by atoms with Gasteiger partial charge in [0, 0.05) is 17.9 Å². The Morgan fingerprint density at radius 1 is 1.05 bits per heavy atom. The lowest BCUT2D eigenvalue weighted by Gasteiger charge is -2.36. The van der Waals surface area contributed by atoms with Crippen LogP contribution >= 0.6 is 0 Å². The minimum atomic E-state index is -2.10. The molecule has 0 radical (unpaired) electrons. The number of amides is 2. The summed E-state index contributed by atoms with van der Waals surface area (Å²) in [7, 11) is -0.419. The third-order valence-electron chi connectivity index (χ3n) is 9.90. The minimum Gasteiger partial charge on any atom is -0.497 e. The van der Waals surface area contributed by atoms with Crippen molar-refractivity contribution in [2.24, 2.45) is 5.92 Å². The molecule has 0 saturated carbocycles. The molecule has 8 heteroatoms. The number of aliphatic hydroxyl groups is 1. The minimum absolute atomic E-state index is 0.00925. The molecule has 0 unspecified atom stereocenters. The second-order valence-electron chi connectivity index (χ2n) is 12.8. The van der Waals surface area contributed by atoms with Gasteiger partial charge in [-0.05, 0) is 79.1 Å². The molecule has 0 aliphatic carbocycles. The molecule has 3 aromatic carbocycles. The smallest absolute Gasteiger partial charge is 0.225 e. The lowest BCUT2D eigenvalue weighted by Crippen LogP contribution is -2.51. The van der Waals surface area contributed by atoms with E-state index in [1.54, 1.807) is 12.0 Å². The maximum Gasteiger partial charge on any atom is 0.225 e. The Balaban J connectivity index is 1.36. The number of anilines is 2. The SMILES string of the molecule is COc1ccc([Si](C)(C)[C@H]2[C@H](C)[C@H](CCc3cccc(N(C=O)c4ccccc4)c3)O[C@@H]2CC(=O)N2CCC[C@H]2CO)cc1. The number of nitrogens with zero attached hydrogens (tertiary/aromatic N) is 2. The Hall–Kier alpha value is -3.46. The van der Waals surface area contributed by atoms with E-state index in [4.69, 9.17) is 9.47 Å². The zero-order chi connectivity index (χ0) is 31.3. The third-order valence-corrected chi connectivity index (χ3v) is 14.3. The number of benzene rings is 3. The van der Waals surface area contributed by atoms with Crippen LogP contribution in [0.5, 0.6) is 5.75 Å². The fraction of sp³-hybridized carbons (Fsp3) is 0.444. The number of methoxy groups -OCH3 is 1. The summed E-state index contributed by atoms with van der Waals surface area (Å²) in [5, 5.41) is 11.2. The topological polar surface area (TPSA) is 79.3 Å². The fourth-order valence-corrected chi connectivity index (χ4v) is 11.6. The first-order valence-corrected chi connectivity index (χ1v) is 18.9. The molecule has 234 valence electrons. The van der Waals surface area contributed by atoms with Gasteiger partial charge in [0.2, 0.25) is 12.3 Å². The van der Waals surface area contributed by atoms with E-state index in [0.29, 0.717) is 13.0 Å². The van der Waals surface area contributed by atoms with Crippen LogP contribution in [0.15, 0.2) is 78.9 Å². The van der Waals surface area contributed by atoms with Gasteiger partial charge in [-0.3, -0.25) is 14.5 Å². The number of rotatable bonds is 12. The van der Waals surface area contributed by atoms with E-state index in [0.717, 1.165) is 54.8 Å². The summed E-state index contributed by atoms with van der Waals surface area (Å²) in [5.41, 5.74) is 3.05.